The zero-order valence-corrected chi connectivity index (χ0v) is 14.2. The second-order valence-electron chi connectivity index (χ2n) is 5.45. The van der Waals surface area contributed by atoms with Crippen LogP contribution in [0.3, 0.4) is 0 Å². The summed E-state index contributed by atoms with van der Waals surface area (Å²) in [7, 11) is 4.71. The molecule has 8 heteroatoms. The van der Waals surface area contributed by atoms with Gasteiger partial charge in [0.25, 0.3) is 0 Å². The van der Waals surface area contributed by atoms with E-state index in [9.17, 15) is 9.59 Å². The number of ether oxygens (including phenoxy) is 4. The summed E-state index contributed by atoms with van der Waals surface area (Å²) in [5.74, 6) is 0.686. The molecule has 0 aliphatic carbocycles. The van der Waals surface area contributed by atoms with Crippen molar-refractivity contribution in [3.8, 4) is 11.5 Å². The zero-order chi connectivity index (χ0) is 17.9. The summed E-state index contributed by atoms with van der Waals surface area (Å²) in [6.07, 6.45) is -1.02. The molecule has 1 heterocycles. The molecule has 0 atom stereocenters. The highest BCUT2D eigenvalue weighted by molar-refractivity contribution is 5.99. The van der Waals surface area contributed by atoms with E-state index >= 15 is 0 Å². The number of cyclic esters (lactones) is 3. The van der Waals surface area contributed by atoms with Crippen LogP contribution >= 0.6 is 0 Å². The number of anilines is 1. The van der Waals surface area contributed by atoms with Crippen LogP contribution in [-0.2, 0) is 14.3 Å². The van der Waals surface area contributed by atoms with Crippen molar-refractivity contribution in [1.29, 1.82) is 0 Å². The Hall–Kier alpha value is -2.90. The summed E-state index contributed by atoms with van der Waals surface area (Å²) in [6.45, 7) is 3.21. The third kappa shape index (κ3) is 3.37. The Morgan fingerprint density at radius 1 is 1.12 bits per heavy atom. The van der Waals surface area contributed by atoms with Crippen LogP contribution in [0.5, 0.6) is 11.5 Å². The molecule has 0 amide bonds. The van der Waals surface area contributed by atoms with E-state index in [2.05, 4.69) is 15.4 Å². The number of hydrogen-bond acceptors (Lipinski definition) is 8. The molecule has 0 bridgehead atoms. The predicted octanol–water partition coefficient (Wildman–Crippen LogP) is 2.02. The van der Waals surface area contributed by atoms with Crippen molar-refractivity contribution in [3.05, 3.63) is 29.6 Å². The lowest BCUT2D eigenvalue weighted by molar-refractivity contribution is -0.145. The number of carbonyl (C=O) groups excluding carboxylic acids is 2. The lowest BCUT2D eigenvalue weighted by Crippen LogP contribution is -2.44. The molecule has 1 saturated heterocycles. The topological polar surface area (TPSA) is 95.1 Å². The smallest absolute Gasteiger partial charge is 0.493 e. The van der Waals surface area contributed by atoms with Crippen LogP contribution in [0.1, 0.15) is 13.8 Å². The SMILES string of the molecule is CNC(Nc1ccc(OC)c(OC)c1)=C1C(=O)OC(=O)OC1(C)C. The minimum atomic E-state index is -1.14. The first-order chi connectivity index (χ1) is 11.3. The molecule has 8 nitrogen and oxygen atoms in total. The predicted molar refractivity (Wildman–Crippen MR) is 85.9 cm³/mol. The molecular formula is C16H20N2O6. The molecule has 1 fully saturated rings. The number of esters is 1. The molecule has 0 saturated carbocycles. The monoisotopic (exact) mass is 336 g/mol. The van der Waals surface area contributed by atoms with Crippen LogP contribution in [-0.4, -0.2) is 39.0 Å². The molecule has 0 spiro atoms. The third-order valence-corrected chi connectivity index (χ3v) is 3.47. The van der Waals surface area contributed by atoms with E-state index in [1.807, 2.05) is 0 Å². The van der Waals surface area contributed by atoms with E-state index in [1.54, 1.807) is 46.2 Å². The van der Waals surface area contributed by atoms with Crippen molar-refractivity contribution >= 4 is 17.8 Å². The molecule has 0 unspecified atom stereocenters. The van der Waals surface area contributed by atoms with Crippen molar-refractivity contribution in [3.63, 3.8) is 0 Å². The van der Waals surface area contributed by atoms with E-state index in [4.69, 9.17) is 14.2 Å². The third-order valence-electron chi connectivity index (χ3n) is 3.47. The Morgan fingerprint density at radius 3 is 2.33 bits per heavy atom. The van der Waals surface area contributed by atoms with Crippen LogP contribution < -0.4 is 20.1 Å². The van der Waals surface area contributed by atoms with Gasteiger partial charge in [0.15, 0.2) is 11.5 Å². The first-order valence-corrected chi connectivity index (χ1v) is 7.19. The molecule has 1 aromatic carbocycles. The number of hydrogen-bond donors (Lipinski definition) is 2. The highest BCUT2D eigenvalue weighted by Gasteiger charge is 2.43. The second kappa shape index (κ2) is 6.69. The standard InChI is InChI=1S/C16H20N2O6/c1-16(2)12(14(19)23-15(20)24-16)13(17-3)18-9-6-7-10(21-4)11(8-9)22-5/h6-8,17-18H,1-5H3. The van der Waals surface area contributed by atoms with Crippen LogP contribution in [0.2, 0.25) is 0 Å². The molecule has 2 rings (SSSR count). The minimum Gasteiger partial charge on any atom is -0.493 e. The van der Waals surface area contributed by atoms with E-state index in [1.165, 1.54) is 7.11 Å². The number of benzene rings is 1. The normalized spacial score (nSPS) is 18.2. The maximum Gasteiger partial charge on any atom is 0.517 e. The number of nitrogens with one attached hydrogen (secondary N) is 2. The lowest BCUT2D eigenvalue weighted by atomic mass is 9.96. The Kier molecular flexibility index (Phi) is 4.87. The van der Waals surface area contributed by atoms with Crippen LogP contribution in [0.4, 0.5) is 10.5 Å². The van der Waals surface area contributed by atoms with Crippen LogP contribution in [0.25, 0.3) is 0 Å². The van der Waals surface area contributed by atoms with E-state index < -0.39 is 17.7 Å². The summed E-state index contributed by atoms with van der Waals surface area (Å²) in [5, 5.41) is 5.96. The summed E-state index contributed by atoms with van der Waals surface area (Å²) in [5.41, 5.74) is -0.335. The van der Waals surface area contributed by atoms with Crippen molar-refractivity contribution < 1.29 is 28.5 Å². The molecule has 0 radical (unpaired) electrons. The molecule has 0 aromatic heterocycles. The quantitative estimate of drug-likeness (QED) is 0.479. The molecule has 130 valence electrons. The average Bonchev–Trinajstić information content (AvgIpc) is 2.51. The molecule has 1 aliphatic rings. The van der Waals surface area contributed by atoms with Gasteiger partial charge in [-0.25, -0.2) is 9.59 Å². The van der Waals surface area contributed by atoms with E-state index in [0.29, 0.717) is 23.0 Å². The van der Waals surface area contributed by atoms with Crippen LogP contribution in [0.15, 0.2) is 29.6 Å². The molecule has 1 aromatic rings. The summed E-state index contributed by atoms with van der Waals surface area (Å²) < 4.78 is 20.1. The zero-order valence-electron chi connectivity index (χ0n) is 14.2. The van der Waals surface area contributed by atoms with Crippen molar-refractivity contribution in [2.75, 3.05) is 26.6 Å². The molecule has 2 N–H and O–H groups in total. The van der Waals surface area contributed by atoms with Crippen molar-refractivity contribution in [2.24, 2.45) is 0 Å². The van der Waals surface area contributed by atoms with Crippen LogP contribution in [0, 0.1) is 0 Å². The summed E-state index contributed by atoms with van der Waals surface area (Å²) in [4.78, 5) is 23.4. The van der Waals surface area contributed by atoms with Gasteiger partial charge in [0.1, 0.15) is 17.0 Å². The van der Waals surface area contributed by atoms with E-state index in [-0.39, 0.29) is 5.57 Å². The molecular weight excluding hydrogens is 316 g/mol. The van der Waals surface area contributed by atoms with Gasteiger partial charge >= 0.3 is 12.1 Å². The van der Waals surface area contributed by atoms with Gasteiger partial charge in [0.05, 0.1) is 14.2 Å². The van der Waals surface area contributed by atoms with Gasteiger partial charge in [-0.3, -0.25) is 0 Å². The Bertz CT molecular complexity index is 696. The molecule has 1 aliphatic heterocycles. The Balaban J connectivity index is 2.41. The van der Waals surface area contributed by atoms with Crippen molar-refractivity contribution in [2.45, 2.75) is 19.4 Å². The minimum absolute atomic E-state index is 0.166. The Labute approximate surface area is 139 Å². The largest absolute Gasteiger partial charge is 0.517 e. The maximum absolute atomic E-state index is 12.1. The molecule has 24 heavy (non-hydrogen) atoms. The Morgan fingerprint density at radius 2 is 1.79 bits per heavy atom. The number of rotatable bonds is 5. The first kappa shape index (κ1) is 17.5. The summed E-state index contributed by atoms with van der Waals surface area (Å²) in [6, 6.07) is 5.19. The highest BCUT2D eigenvalue weighted by Crippen LogP contribution is 2.32. The number of carbonyl (C=O) groups is 2. The van der Waals surface area contributed by atoms with Gasteiger partial charge in [-0.2, -0.15) is 0 Å². The fourth-order valence-electron chi connectivity index (χ4n) is 2.36. The average molecular weight is 336 g/mol. The van der Waals surface area contributed by atoms with Gasteiger partial charge in [0, 0.05) is 18.8 Å². The van der Waals surface area contributed by atoms with Crippen molar-refractivity contribution in [1.82, 2.24) is 5.32 Å². The maximum atomic E-state index is 12.1. The van der Waals surface area contributed by atoms with Gasteiger partial charge in [0.2, 0.25) is 0 Å². The van der Waals surface area contributed by atoms with Gasteiger partial charge in [-0.05, 0) is 26.0 Å². The van der Waals surface area contributed by atoms with Gasteiger partial charge < -0.3 is 29.6 Å². The second-order valence-corrected chi connectivity index (χ2v) is 5.45. The lowest BCUT2D eigenvalue weighted by Gasteiger charge is -2.32. The fourth-order valence-corrected chi connectivity index (χ4v) is 2.36. The van der Waals surface area contributed by atoms with Gasteiger partial charge in [-0.1, -0.05) is 0 Å². The highest BCUT2D eigenvalue weighted by atomic mass is 16.8. The fraction of sp³-hybridized carbons (Fsp3) is 0.375. The van der Waals surface area contributed by atoms with Gasteiger partial charge in [-0.15, -0.1) is 0 Å². The van der Waals surface area contributed by atoms with E-state index in [0.717, 1.165) is 0 Å². The number of methoxy groups -OCH3 is 2. The first-order valence-electron chi connectivity index (χ1n) is 7.19. The summed E-state index contributed by atoms with van der Waals surface area (Å²) >= 11 is 0.